The first-order chi connectivity index (χ1) is 17.5. The molecule has 222 valence electrons. The van der Waals surface area contributed by atoms with Gasteiger partial charge in [0.15, 0.2) is 20.4 Å². The van der Waals surface area contributed by atoms with Crippen molar-refractivity contribution in [3.05, 3.63) is 0 Å². The van der Waals surface area contributed by atoms with Gasteiger partial charge in [0.2, 0.25) is 0 Å². The lowest BCUT2D eigenvalue weighted by atomic mass is 9.89. The van der Waals surface area contributed by atoms with E-state index in [-0.39, 0.29) is 0 Å². The maximum Gasteiger partial charge on any atom is 0.191 e. The van der Waals surface area contributed by atoms with Gasteiger partial charge in [-0.2, -0.15) is 0 Å². The van der Waals surface area contributed by atoms with Crippen LogP contribution in [0.2, 0.25) is 0 Å². The number of thioether (sulfide) groups is 1. The molecule has 0 rings (SSSR count). The average molecular weight is 564 g/mol. The summed E-state index contributed by atoms with van der Waals surface area (Å²) in [7, 11) is -0.924. The Morgan fingerprint density at radius 1 is 0.811 bits per heavy atom. The lowest BCUT2D eigenvalue weighted by Crippen LogP contribution is -2.44. The highest BCUT2D eigenvalue weighted by Gasteiger charge is 2.34. The molecule has 8 heteroatoms. The van der Waals surface area contributed by atoms with E-state index in [0.29, 0.717) is 54.6 Å². The Labute approximate surface area is 236 Å². The van der Waals surface area contributed by atoms with Crippen LogP contribution in [0.15, 0.2) is 0 Å². The van der Waals surface area contributed by atoms with Crippen molar-refractivity contribution in [2.24, 2.45) is 0 Å². The standard InChI is InChI=1S/C29H62N3O3PS/c1-12-29(13-2,14-3)30-20-17-15-16-19-28(33)37-22-18-21-34-23-35-36(31(24(4)5)25(6)7)32(26(8)9)27(10)11/h24-27,30H,12-23H2,1-11H3. The lowest BCUT2D eigenvalue weighted by molar-refractivity contribution is -0.111. The zero-order valence-corrected chi connectivity index (χ0v) is 28.0. The molecule has 37 heavy (non-hydrogen) atoms. The number of unbranched alkanes of at least 4 members (excludes halogenated alkanes) is 2. The zero-order chi connectivity index (χ0) is 28.4. The fraction of sp³-hybridized carbons (Fsp3) is 0.966. The molecule has 0 aliphatic rings. The van der Waals surface area contributed by atoms with Crippen LogP contribution >= 0.6 is 20.2 Å². The molecule has 0 saturated carbocycles. The van der Waals surface area contributed by atoms with Crippen LogP contribution in [0, 0.1) is 0 Å². The molecule has 6 nitrogen and oxygen atoms in total. The van der Waals surface area contributed by atoms with Gasteiger partial charge in [0.25, 0.3) is 0 Å². The quantitative estimate of drug-likeness (QED) is 0.0764. The highest BCUT2D eigenvalue weighted by atomic mass is 32.2. The number of nitrogens with one attached hydrogen (secondary N) is 1. The molecular weight excluding hydrogens is 501 g/mol. The van der Waals surface area contributed by atoms with Crippen LogP contribution in [-0.4, -0.2) is 69.9 Å². The molecule has 0 radical (unpaired) electrons. The Morgan fingerprint density at radius 3 is 1.78 bits per heavy atom. The molecule has 0 aromatic heterocycles. The number of hydrogen-bond donors (Lipinski definition) is 1. The summed E-state index contributed by atoms with van der Waals surface area (Å²) in [6.07, 6.45) is 8.32. The minimum absolute atomic E-state index is 0.291. The van der Waals surface area contributed by atoms with Gasteiger partial charge < -0.3 is 14.6 Å². The molecule has 1 N–H and O–H groups in total. The molecule has 0 saturated heterocycles. The van der Waals surface area contributed by atoms with Crippen LogP contribution in [-0.2, 0) is 14.1 Å². The third-order valence-corrected chi connectivity index (χ3v) is 11.0. The second-order valence-electron chi connectivity index (χ2n) is 11.2. The first-order valence-electron chi connectivity index (χ1n) is 14.9. The fourth-order valence-electron chi connectivity index (χ4n) is 4.85. The van der Waals surface area contributed by atoms with Crippen molar-refractivity contribution in [1.29, 1.82) is 0 Å². The predicted molar refractivity (Wildman–Crippen MR) is 165 cm³/mol. The molecule has 0 fully saturated rings. The average Bonchev–Trinajstić information content (AvgIpc) is 2.82. The summed E-state index contributed by atoms with van der Waals surface area (Å²) in [6.45, 7) is 26.7. The number of carbonyl (C=O) groups excluding carboxylic acids is 1. The van der Waals surface area contributed by atoms with Gasteiger partial charge in [-0.1, -0.05) is 39.0 Å². The van der Waals surface area contributed by atoms with Crippen LogP contribution in [0.3, 0.4) is 0 Å². The van der Waals surface area contributed by atoms with Crippen molar-refractivity contribution in [3.63, 3.8) is 0 Å². The summed E-state index contributed by atoms with van der Waals surface area (Å²) in [5, 5.41) is 4.06. The summed E-state index contributed by atoms with van der Waals surface area (Å²) < 4.78 is 17.2. The van der Waals surface area contributed by atoms with Crippen molar-refractivity contribution in [1.82, 2.24) is 14.7 Å². The second-order valence-corrected chi connectivity index (χ2v) is 14.0. The van der Waals surface area contributed by atoms with Crippen molar-refractivity contribution >= 4 is 25.3 Å². The topological polar surface area (TPSA) is 54.0 Å². The molecule has 0 aliphatic heterocycles. The Kier molecular flexibility index (Phi) is 21.2. The highest BCUT2D eigenvalue weighted by Crippen LogP contribution is 2.50. The van der Waals surface area contributed by atoms with E-state index in [4.69, 9.17) is 9.26 Å². The van der Waals surface area contributed by atoms with Crippen molar-refractivity contribution < 1.29 is 14.1 Å². The van der Waals surface area contributed by atoms with Gasteiger partial charge in [-0.15, -0.1) is 0 Å². The van der Waals surface area contributed by atoms with Crippen LogP contribution in [0.1, 0.15) is 128 Å². The minimum Gasteiger partial charge on any atom is -0.355 e. The summed E-state index contributed by atoms with van der Waals surface area (Å²) in [4.78, 5) is 12.2. The van der Waals surface area contributed by atoms with E-state index in [2.05, 4.69) is 90.8 Å². The number of ether oxygens (including phenoxy) is 1. The maximum absolute atomic E-state index is 12.2. The molecule has 0 aromatic carbocycles. The van der Waals surface area contributed by atoms with E-state index >= 15 is 0 Å². The highest BCUT2D eigenvalue weighted by molar-refractivity contribution is 8.13. The van der Waals surface area contributed by atoms with Gasteiger partial charge in [-0.25, -0.2) is 9.34 Å². The summed E-state index contributed by atoms with van der Waals surface area (Å²) in [5.74, 6) is 0.815. The summed E-state index contributed by atoms with van der Waals surface area (Å²) in [6, 6.07) is 1.56. The first kappa shape index (κ1) is 37.2. The van der Waals surface area contributed by atoms with E-state index < -0.39 is 8.45 Å². The summed E-state index contributed by atoms with van der Waals surface area (Å²) in [5.41, 5.74) is 0.297. The Balaban J connectivity index is 4.23. The van der Waals surface area contributed by atoms with Crippen molar-refractivity contribution in [2.45, 2.75) is 157 Å². The monoisotopic (exact) mass is 563 g/mol. The smallest absolute Gasteiger partial charge is 0.191 e. The number of hydrogen-bond acceptors (Lipinski definition) is 7. The maximum atomic E-state index is 12.2. The second kappa shape index (κ2) is 21.1. The first-order valence-corrected chi connectivity index (χ1v) is 17.1. The molecular formula is C29H62N3O3PS. The van der Waals surface area contributed by atoms with Gasteiger partial charge in [-0.3, -0.25) is 4.79 Å². The minimum atomic E-state index is -0.924. The Hall–Kier alpha value is 0.250. The molecule has 0 bridgehead atoms. The van der Waals surface area contributed by atoms with Gasteiger partial charge >= 0.3 is 0 Å². The number of rotatable bonds is 23. The van der Waals surface area contributed by atoms with Crippen molar-refractivity contribution in [3.8, 4) is 0 Å². The molecule has 0 aromatic rings. The number of carbonyl (C=O) groups is 1. The van der Waals surface area contributed by atoms with Crippen LogP contribution in [0.5, 0.6) is 0 Å². The van der Waals surface area contributed by atoms with Crippen LogP contribution in [0.4, 0.5) is 0 Å². The molecule has 0 heterocycles. The third kappa shape index (κ3) is 15.0. The Bertz CT molecular complexity index is 530. The lowest BCUT2D eigenvalue weighted by Gasteiger charge is -2.45. The molecule has 0 aliphatic carbocycles. The molecule has 0 unspecified atom stereocenters. The van der Waals surface area contributed by atoms with Crippen molar-refractivity contribution in [2.75, 3.05) is 25.7 Å². The third-order valence-electron chi connectivity index (χ3n) is 7.05. The van der Waals surface area contributed by atoms with E-state index in [1.54, 1.807) is 0 Å². The van der Waals surface area contributed by atoms with Gasteiger partial charge in [0, 0.05) is 41.9 Å². The molecule has 0 spiro atoms. The largest absolute Gasteiger partial charge is 0.355 e. The molecule has 0 atom stereocenters. The van der Waals surface area contributed by atoms with E-state index in [1.807, 2.05) is 0 Å². The van der Waals surface area contributed by atoms with Gasteiger partial charge in [0.05, 0.1) is 6.61 Å². The summed E-state index contributed by atoms with van der Waals surface area (Å²) >= 11 is 1.46. The normalized spacial score (nSPS) is 13.0. The number of nitrogens with zero attached hydrogens (tertiary/aromatic N) is 2. The SMILES string of the molecule is CCC(CC)(CC)NCCCCCC(=O)SCCCOCOP(N(C(C)C)C(C)C)N(C(C)C)C(C)C. The predicted octanol–water partition coefficient (Wildman–Crippen LogP) is 8.21. The van der Waals surface area contributed by atoms with E-state index in [1.165, 1.54) is 31.0 Å². The van der Waals surface area contributed by atoms with Crippen LogP contribution in [0.25, 0.3) is 0 Å². The van der Waals surface area contributed by atoms with Gasteiger partial charge in [-0.05, 0) is 100 Å². The Morgan fingerprint density at radius 2 is 1.32 bits per heavy atom. The zero-order valence-electron chi connectivity index (χ0n) is 26.3. The van der Waals surface area contributed by atoms with E-state index in [0.717, 1.165) is 38.0 Å². The molecule has 0 amide bonds. The van der Waals surface area contributed by atoms with E-state index in [9.17, 15) is 4.79 Å². The van der Waals surface area contributed by atoms with Gasteiger partial charge in [0.1, 0.15) is 0 Å². The van der Waals surface area contributed by atoms with Crippen LogP contribution < -0.4 is 5.32 Å². The fourth-order valence-corrected chi connectivity index (χ4v) is 7.88.